The van der Waals surface area contributed by atoms with Crippen LogP contribution in [-0.2, 0) is 6.61 Å². The van der Waals surface area contributed by atoms with E-state index in [4.69, 9.17) is 10.8 Å². The van der Waals surface area contributed by atoms with E-state index in [-0.39, 0.29) is 18.9 Å². The van der Waals surface area contributed by atoms with E-state index >= 15 is 0 Å². The second-order valence-corrected chi connectivity index (χ2v) is 2.80. The molecule has 0 aliphatic carbocycles. The lowest BCUT2D eigenvalue weighted by Crippen LogP contribution is -2.11. The molecule has 0 aliphatic rings. The van der Waals surface area contributed by atoms with Crippen molar-refractivity contribution in [3.63, 3.8) is 0 Å². The summed E-state index contributed by atoms with van der Waals surface area (Å²) < 4.78 is 0. The van der Waals surface area contributed by atoms with Crippen molar-refractivity contribution in [1.29, 1.82) is 0 Å². The largest absolute Gasteiger partial charge is 0.508 e. The van der Waals surface area contributed by atoms with E-state index in [0.717, 1.165) is 0 Å². The van der Waals surface area contributed by atoms with Crippen LogP contribution >= 0.6 is 0 Å². The van der Waals surface area contributed by atoms with Crippen LogP contribution < -0.4 is 5.73 Å². The molecule has 0 spiro atoms. The van der Waals surface area contributed by atoms with Gasteiger partial charge in [-0.25, -0.2) is 0 Å². The molecule has 5 N–H and O–H groups in total. The maximum absolute atomic E-state index is 9.35. The number of phenols is 1. The molecule has 0 saturated heterocycles. The molecular formula is C9H13NO3. The molecule has 13 heavy (non-hydrogen) atoms. The van der Waals surface area contributed by atoms with Gasteiger partial charge in [0.15, 0.2) is 0 Å². The third kappa shape index (κ3) is 2.18. The minimum Gasteiger partial charge on any atom is -0.508 e. The molecule has 0 aromatic heterocycles. The minimum atomic E-state index is -0.745. The van der Waals surface area contributed by atoms with Crippen molar-refractivity contribution in [2.75, 3.05) is 6.54 Å². The normalized spacial score (nSPS) is 12.8. The Labute approximate surface area is 76.2 Å². The molecule has 4 heteroatoms. The van der Waals surface area contributed by atoms with Gasteiger partial charge in [-0.05, 0) is 17.7 Å². The number of aliphatic hydroxyl groups excluding tert-OH is 2. The van der Waals surface area contributed by atoms with E-state index in [2.05, 4.69) is 0 Å². The summed E-state index contributed by atoms with van der Waals surface area (Å²) in [6.07, 6.45) is -0.745. The molecular weight excluding hydrogens is 170 g/mol. The molecule has 72 valence electrons. The fraction of sp³-hybridized carbons (Fsp3) is 0.333. The van der Waals surface area contributed by atoms with E-state index in [0.29, 0.717) is 11.1 Å². The lowest BCUT2D eigenvalue weighted by atomic mass is 10.1. The predicted molar refractivity (Wildman–Crippen MR) is 48.0 cm³/mol. The highest BCUT2D eigenvalue weighted by molar-refractivity contribution is 5.36. The number of hydrogen-bond acceptors (Lipinski definition) is 4. The molecule has 4 nitrogen and oxygen atoms in total. The summed E-state index contributed by atoms with van der Waals surface area (Å²) in [6, 6.07) is 4.54. The number of rotatable bonds is 3. The smallest absolute Gasteiger partial charge is 0.121 e. The zero-order chi connectivity index (χ0) is 9.84. The van der Waals surface area contributed by atoms with Crippen LogP contribution in [0.5, 0.6) is 5.75 Å². The molecule has 0 aliphatic heterocycles. The van der Waals surface area contributed by atoms with Crippen molar-refractivity contribution in [2.24, 2.45) is 5.73 Å². The molecule has 0 radical (unpaired) electrons. The van der Waals surface area contributed by atoms with Crippen LogP contribution in [0.4, 0.5) is 0 Å². The van der Waals surface area contributed by atoms with Crippen LogP contribution in [0.2, 0.25) is 0 Å². The lowest BCUT2D eigenvalue weighted by Gasteiger charge is -2.09. The van der Waals surface area contributed by atoms with Gasteiger partial charge in [0.05, 0.1) is 12.7 Å². The predicted octanol–water partition coefficient (Wildman–Crippen LogP) is -0.123. The van der Waals surface area contributed by atoms with Crippen molar-refractivity contribution in [2.45, 2.75) is 12.7 Å². The van der Waals surface area contributed by atoms with Crippen LogP contribution in [-0.4, -0.2) is 21.9 Å². The van der Waals surface area contributed by atoms with E-state index in [1.54, 1.807) is 6.07 Å². The lowest BCUT2D eigenvalue weighted by molar-refractivity contribution is 0.186. The van der Waals surface area contributed by atoms with E-state index in [1.807, 2.05) is 0 Å². The Morgan fingerprint density at radius 3 is 2.62 bits per heavy atom. The first-order valence-corrected chi connectivity index (χ1v) is 3.99. The molecule has 0 bridgehead atoms. The molecule has 0 fully saturated rings. The Kier molecular flexibility index (Phi) is 3.25. The fourth-order valence-corrected chi connectivity index (χ4v) is 1.08. The van der Waals surface area contributed by atoms with Crippen LogP contribution in [0.15, 0.2) is 18.2 Å². The Bertz CT molecular complexity index is 288. The molecule has 0 saturated carbocycles. The standard InChI is InChI=1S/C9H13NO3/c10-4-9(13)6-1-2-8(12)7(3-6)5-11/h1-3,9,11-13H,4-5,10H2/t9-/m0/s1. The molecule has 0 unspecified atom stereocenters. The first kappa shape index (κ1) is 9.98. The van der Waals surface area contributed by atoms with Gasteiger partial charge in [-0.2, -0.15) is 0 Å². The van der Waals surface area contributed by atoms with E-state index in [1.165, 1.54) is 12.1 Å². The molecule has 0 heterocycles. The zero-order valence-corrected chi connectivity index (χ0v) is 7.14. The SMILES string of the molecule is NC[C@H](O)c1ccc(O)c(CO)c1. The summed E-state index contributed by atoms with van der Waals surface area (Å²) in [5.41, 5.74) is 6.25. The highest BCUT2D eigenvalue weighted by Crippen LogP contribution is 2.21. The third-order valence-corrected chi connectivity index (χ3v) is 1.88. The topological polar surface area (TPSA) is 86.7 Å². The van der Waals surface area contributed by atoms with Crippen molar-refractivity contribution in [3.8, 4) is 5.75 Å². The summed E-state index contributed by atoms with van der Waals surface area (Å²) in [5, 5.41) is 27.4. The van der Waals surface area contributed by atoms with Crippen LogP contribution in [0.1, 0.15) is 17.2 Å². The average molecular weight is 183 g/mol. The fourth-order valence-electron chi connectivity index (χ4n) is 1.08. The summed E-state index contributed by atoms with van der Waals surface area (Å²) in [7, 11) is 0. The highest BCUT2D eigenvalue weighted by atomic mass is 16.3. The average Bonchev–Trinajstić information content (AvgIpc) is 2.17. The van der Waals surface area contributed by atoms with E-state index in [9.17, 15) is 10.2 Å². The van der Waals surface area contributed by atoms with Gasteiger partial charge in [0.1, 0.15) is 5.75 Å². The van der Waals surface area contributed by atoms with Gasteiger partial charge in [0.2, 0.25) is 0 Å². The second-order valence-electron chi connectivity index (χ2n) is 2.80. The molecule has 1 aromatic rings. The zero-order valence-electron chi connectivity index (χ0n) is 7.14. The quantitative estimate of drug-likeness (QED) is 0.526. The minimum absolute atomic E-state index is 0.0236. The Hall–Kier alpha value is -1.10. The van der Waals surface area contributed by atoms with Crippen LogP contribution in [0, 0.1) is 0 Å². The summed E-state index contributed by atoms with van der Waals surface area (Å²) in [5.74, 6) is 0.0236. The van der Waals surface area contributed by atoms with Gasteiger partial charge in [-0.1, -0.05) is 6.07 Å². The van der Waals surface area contributed by atoms with Crippen molar-refractivity contribution in [3.05, 3.63) is 29.3 Å². The summed E-state index contributed by atoms with van der Waals surface area (Å²) in [6.45, 7) is -0.132. The van der Waals surface area contributed by atoms with Gasteiger partial charge in [-0.15, -0.1) is 0 Å². The van der Waals surface area contributed by atoms with Crippen LogP contribution in [0.25, 0.3) is 0 Å². The summed E-state index contributed by atoms with van der Waals surface area (Å²) >= 11 is 0. The maximum atomic E-state index is 9.35. The third-order valence-electron chi connectivity index (χ3n) is 1.88. The van der Waals surface area contributed by atoms with E-state index < -0.39 is 6.10 Å². The van der Waals surface area contributed by atoms with Gasteiger partial charge in [0, 0.05) is 12.1 Å². The van der Waals surface area contributed by atoms with Crippen LogP contribution in [0.3, 0.4) is 0 Å². The Balaban J connectivity index is 2.99. The molecule has 1 rings (SSSR count). The van der Waals surface area contributed by atoms with Crippen molar-refractivity contribution in [1.82, 2.24) is 0 Å². The molecule has 0 amide bonds. The Morgan fingerprint density at radius 2 is 2.08 bits per heavy atom. The van der Waals surface area contributed by atoms with Gasteiger partial charge < -0.3 is 21.1 Å². The van der Waals surface area contributed by atoms with Gasteiger partial charge in [0.25, 0.3) is 0 Å². The first-order valence-electron chi connectivity index (χ1n) is 3.99. The maximum Gasteiger partial charge on any atom is 0.121 e. The second kappa shape index (κ2) is 4.23. The van der Waals surface area contributed by atoms with Gasteiger partial charge in [-0.3, -0.25) is 0 Å². The monoisotopic (exact) mass is 183 g/mol. The molecule has 1 atom stereocenters. The summed E-state index contributed by atoms with van der Waals surface area (Å²) in [4.78, 5) is 0. The van der Waals surface area contributed by atoms with Crippen molar-refractivity contribution < 1.29 is 15.3 Å². The molecule has 1 aromatic carbocycles. The number of benzene rings is 1. The number of aliphatic hydroxyl groups is 2. The number of aromatic hydroxyl groups is 1. The first-order chi connectivity index (χ1) is 6.19. The number of nitrogens with two attached hydrogens (primary N) is 1. The Morgan fingerprint density at radius 1 is 1.38 bits per heavy atom. The number of hydrogen-bond donors (Lipinski definition) is 4. The van der Waals surface area contributed by atoms with Crippen molar-refractivity contribution >= 4 is 0 Å². The highest BCUT2D eigenvalue weighted by Gasteiger charge is 2.07. The van der Waals surface area contributed by atoms with Gasteiger partial charge >= 0.3 is 0 Å².